The quantitative estimate of drug-likeness (QED) is 0.869. The lowest BCUT2D eigenvalue weighted by Crippen LogP contribution is -2.27. The topological polar surface area (TPSA) is 41.5 Å². The number of aromatic hydroxyl groups is 1. The molecule has 17 heavy (non-hydrogen) atoms. The molecular formula is C13H18ClNO2. The second kappa shape index (κ2) is 6.24. The summed E-state index contributed by atoms with van der Waals surface area (Å²) in [7, 11) is 0. The predicted octanol–water partition coefficient (Wildman–Crippen LogP) is 2.56. The van der Waals surface area contributed by atoms with E-state index in [9.17, 15) is 5.11 Å². The van der Waals surface area contributed by atoms with Crippen LogP contribution in [0, 0.1) is 5.92 Å². The van der Waals surface area contributed by atoms with Gasteiger partial charge in [0.2, 0.25) is 0 Å². The molecule has 0 saturated carbocycles. The fourth-order valence-corrected chi connectivity index (χ4v) is 2.26. The number of benzene rings is 1. The predicted molar refractivity (Wildman–Crippen MR) is 68.4 cm³/mol. The highest BCUT2D eigenvalue weighted by Gasteiger charge is 2.13. The number of hydrogen-bond acceptors (Lipinski definition) is 3. The number of halogens is 1. The van der Waals surface area contributed by atoms with Crippen molar-refractivity contribution in [1.82, 2.24) is 5.32 Å². The maximum atomic E-state index is 9.74. The van der Waals surface area contributed by atoms with E-state index in [0.717, 1.165) is 38.2 Å². The molecule has 1 aliphatic heterocycles. The van der Waals surface area contributed by atoms with Crippen molar-refractivity contribution in [3.8, 4) is 5.75 Å². The molecule has 0 amide bonds. The molecule has 0 unspecified atom stereocenters. The van der Waals surface area contributed by atoms with Gasteiger partial charge in [0, 0.05) is 25.3 Å². The average molecular weight is 256 g/mol. The number of nitrogens with one attached hydrogen (secondary N) is 1. The Labute approximate surface area is 107 Å². The van der Waals surface area contributed by atoms with Crippen LogP contribution in [0.4, 0.5) is 0 Å². The van der Waals surface area contributed by atoms with Gasteiger partial charge in [0.25, 0.3) is 0 Å². The van der Waals surface area contributed by atoms with Gasteiger partial charge in [-0.2, -0.15) is 0 Å². The highest BCUT2D eigenvalue weighted by atomic mass is 35.5. The van der Waals surface area contributed by atoms with Gasteiger partial charge in [0.15, 0.2) is 0 Å². The molecule has 1 fully saturated rings. The van der Waals surface area contributed by atoms with E-state index in [2.05, 4.69) is 5.32 Å². The molecule has 4 heteroatoms. The van der Waals surface area contributed by atoms with Crippen molar-refractivity contribution in [2.75, 3.05) is 19.8 Å². The van der Waals surface area contributed by atoms with Crippen LogP contribution in [0.2, 0.25) is 5.02 Å². The first kappa shape index (κ1) is 12.7. The molecule has 0 spiro atoms. The van der Waals surface area contributed by atoms with Crippen LogP contribution in [0.1, 0.15) is 18.4 Å². The van der Waals surface area contributed by atoms with Gasteiger partial charge in [-0.3, -0.25) is 0 Å². The van der Waals surface area contributed by atoms with Gasteiger partial charge in [0.1, 0.15) is 5.75 Å². The van der Waals surface area contributed by atoms with Crippen LogP contribution in [0.3, 0.4) is 0 Å². The third kappa shape index (κ3) is 3.60. The first-order valence-electron chi connectivity index (χ1n) is 6.02. The van der Waals surface area contributed by atoms with Crippen molar-refractivity contribution >= 4 is 11.6 Å². The summed E-state index contributed by atoms with van der Waals surface area (Å²) in [6.45, 7) is 3.36. The van der Waals surface area contributed by atoms with E-state index in [1.807, 2.05) is 12.1 Å². The van der Waals surface area contributed by atoms with Crippen LogP contribution in [0.25, 0.3) is 0 Å². The highest BCUT2D eigenvalue weighted by Crippen LogP contribution is 2.26. The van der Waals surface area contributed by atoms with Gasteiger partial charge < -0.3 is 15.2 Å². The molecule has 0 aliphatic carbocycles. The summed E-state index contributed by atoms with van der Waals surface area (Å²) in [5.41, 5.74) is 0.851. The monoisotopic (exact) mass is 255 g/mol. The number of rotatable bonds is 4. The minimum Gasteiger partial charge on any atom is -0.506 e. The van der Waals surface area contributed by atoms with Crippen LogP contribution in [-0.2, 0) is 11.3 Å². The van der Waals surface area contributed by atoms with Crippen LogP contribution < -0.4 is 5.32 Å². The molecule has 2 N–H and O–H groups in total. The molecule has 0 aromatic heterocycles. The third-order valence-corrected chi connectivity index (χ3v) is 3.46. The summed E-state index contributed by atoms with van der Waals surface area (Å²) in [6, 6.07) is 5.44. The van der Waals surface area contributed by atoms with E-state index in [1.165, 1.54) is 0 Å². The van der Waals surface area contributed by atoms with Gasteiger partial charge in [-0.15, -0.1) is 0 Å². The van der Waals surface area contributed by atoms with Crippen LogP contribution in [0.5, 0.6) is 5.75 Å². The zero-order chi connectivity index (χ0) is 12.1. The van der Waals surface area contributed by atoms with Gasteiger partial charge in [-0.25, -0.2) is 0 Å². The van der Waals surface area contributed by atoms with E-state index in [4.69, 9.17) is 16.3 Å². The molecule has 1 aliphatic rings. The van der Waals surface area contributed by atoms with E-state index < -0.39 is 0 Å². The largest absolute Gasteiger partial charge is 0.506 e. The lowest BCUT2D eigenvalue weighted by molar-refractivity contribution is 0.0662. The highest BCUT2D eigenvalue weighted by molar-refractivity contribution is 6.32. The number of ether oxygens (including phenoxy) is 1. The summed E-state index contributed by atoms with van der Waals surface area (Å²) in [5, 5.41) is 13.5. The second-order valence-corrected chi connectivity index (χ2v) is 4.84. The van der Waals surface area contributed by atoms with Crippen LogP contribution >= 0.6 is 11.6 Å². The number of para-hydroxylation sites is 1. The van der Waals surface area contributed by atoms with E-state index in [1.54, 1.807) is 6.07 Å². The molecule has 94 valence electrons. The van der Waals surface area contributed by atoms with E-state index in [0.29, 0.717) is 17.5 Å². The zero-order valence-electron chi connectivity index (χ0n) is 9.79. The van der Waals surface area contributed by atoms with Crippen molar-refractivity contribution in [1.29, 1.82) is 0 Å². The molecule has 1 aromatic rings. The number of hydrogen-bond donors (Lipinski definition) is 2. The molecule has 3 nitrogen and oxygen atoms in total. The smallest absolute Gasteiger partial charge is 0.138 e. The van der Waals surface area contributed by atoms with E-state index >= 15 is 0 Å². The molecule has 0 radical (unpaired) electrons. The Morgan fingerprint density at radius 3 is 2.88 bits per heavy atom. The van der Waals surface area contributed by atoms with Gasteiger partial charge in [0.05, 0.1) is 5.02 Å². The Morgan fingerprint density at radius 2 is 2.12 bits per heavy atom. The Bertz CT molecular complexity index is 364. The van der Waals surface area contributed by atoms with Crippen LogP contribution in [0.15, 0.2) is 18.2 Å². The normalized spacial score (nSPS) is 17.2. The Morgan fingerprint density at radius 1 is 1.35 bits per heavy atom. The van der Waals surface area contributed by atoms with E-state index in [-0.39, 0.29) is 5.75 Å². The molecular weight excluding hydrogens is 238 g/mol. The molecule has 1 aromatic carbocycles. The Balaban J connectivity index is 1.79. The van der Waals surface area contributed by atoms with Crippen LogP contribution in [-0.4, -0.2) is 24.9 Å². The number of phenolic OH excluding ortho intramolecular Hbond substituents is 1. The minimum atomic E-state index is 0.189. The lowest BCUT2D eigenvalue weighted by Gasteiger charge is -2.22. The zero-order valence-corrected chi connectivity index (χ0v) is 10.5. The first-order valence-corrected chi connectivity index (χ1v) is 6.40. The van der Waals surface area contributed by atoms with Gasteiger partial charge in [-0.05, 0) is 31.4 Å². The second-order valence-electron chi connectivity index (χ2n) is 4.43. The maximum Gasteiger partial charge on any atom is 0.138 e. The summed E-state index contributed by atoms with van der Waals surface area (Å²) < 4.78 is 5.31. The van der Waals surface area contributed by atoms with Crippen molar-refractivity contribution in [3.63, 3.8) is 0 Å². The summed E-state index contributed by atoms with van der Waals surface area (Å²) in [4.78, 5) is 0. The Hall–Kier alpha value is -0.770. The Kier molecular flexibility index (Phi) is 4.66. The van der Waals surface area contributed by atoms with Crippen molar-refractivity contribution in [2.45, 2.75) is 19.4 Å². The lowest BCUT2D eigenvalue weighted by atomic mass is 10.0. The van der Waals surface area contributed by atoms with Gasteiger partial charge >= 0.3 is 0 Å². The molecule has 0 atom stereocenters. The summed E-state index contributed by atoms with van der Waals surface area (Å²) in [6.07, 6.45) is 2.24. The standard InChI is InChI=1S/C13H18ClNO2/c14-12-3-1-2-11(13(12)16)9-15-8-10-4-6-17-7-5-10/h1-3,10,15-16H,4-9H2. The van der Waals surface area contributed by atoms with Crippen molar-refractivity contribution in [2.24, 2.45) is 5.92 Å². The summed E-state index contributed by atoms with van der Waals surface area (Å²) >= 11 is 5.85. The molecule has 1 saturated heterocycles. The minimum absolute atomic E-state index is 0.189. The average Bonchev–Trinajstić information content (AvgIpc) is 2.36. The van der Waals surface area contributed by atoms with Crippen molar-refractivity contribution in [3.05, 3.63) is 28.8 Å². The molecule has 2 rings (SSSR count). The fourth-order valence-electron chi connectivity index (χ4n) is 2.06. The SMILES string of the molecule is Oc1c(Cl)cccc1CNCC1CCOCC1. The van der Waals surface area contributed by atoms with Gasteiger partial charge in [-0.1, -0.05) is 23.7 Å². The third-order valence-electron chi connectivity index (χ3n) is 3.16. The fraction of sp³-hybridized carbons (Fsp3) is 0.538. The summed E-state index contributed by atoms with van der Waals surface area (Å²) in [5.74, 6) is 0.874. The number of phenols is 1. The van der Waals surface area contributed by atoms with Crippen molar-refractivity contribution < 1.29 is 9.84 Å². The maximum absolute atomic E-state index is 9.74. The molecule has 1 heterocycles. The molecule has 0 bridgehead atoms. The first-order chi connectivity index (χ1) is 8.27.